The highest BCUT2D eigenvalue weighted by molar-refractivity contribution is 7.20. The van der Waals surface area contributed by atoms with Crippen molar-refractivity contribution in [2.24, 2.45) is 0 Å². The van der Waals surface area contributed by atoms with Gasteiger partial charge in [0.1, 0.15) is 4.34 Å². The molecule has 26 heavy (non-hydrogen) atoms. The van der Waals surface area contributed by atoms with Crippen molar-refractivity contribution in [2.45, 2.75) is 12.8 Å². The average molecular weight is 415 g/mol. The SMILES string of the molecule is O=C(OCC(=O)N1CCCc2cc([N+](=O)[O-])ccc21)c1cc(Cl)sc1Cl. The second kappa shape index (κ2) is 7.61. The van der Waals surface area contributed by atoms with Gasteiger partial charge in [0.2, 0.25) is 0 Å². The van der Waals surface area contributed by atoms with Crippen molar-refractivity contribution in [3.8, 4) is 0 Å². The number of hydrogen-bond donors (Lipinski definition) is 0. The van der Waals surface area contributed by atoms with Crippen molar-refractivity contribution in [1.82, 2.24) is 0 Å². The van der Waals surface area contributed by atoms with Gasteiger partial charge in [-0.1, -0.05) is 23.2 Å². The Kier molecular flexibility index (Phi) is 5.45. The molecule has 10 heteroatoms. The summed E-state index contributed by atoms with van der Waals surface area (Å²) in [6.45, 7) is -0.00865. The van der Waals surface area contributed by atoms with Crippen LogP contribution >= 0.6 is 34.5 Å². The van der Waals surface area contributed by atoms with E-state index < -0.39 is 23.4 Å². The number of nitro benzene ring substituents is 1. The molecule has 136 valence electrons. The second-order valence-corrected chi connectivity index (χ2v) is 7.82. The normalized spacial score (nSPS) is 13.2. The van der Waals surface area contributed by atoms with E-state index in [9.17, 15) is 19.7 Å². The Morgan fingerprint density at radius 3 is 2.73 bits per heavy atom. The number of carbonyl (C=O) groups is 2. The van der Waals surface area contributed by atoms with Crippen LogP contribution in [0, 0.1) is 10.1 Å². The largest absolute Gasteiger partial charge is 0.452 e. The van der Waals surface area contributed by atoms with Crippen molar-refractivity contribution in [1.29, 1.82) is 0 Å². The van der Waals surface area contributed by atoms with Crippen LogP contribution in [0.1, 0.15) is 22.3 Å². The number of aryl methyl sites for hydroxylation is 1. The van der Waals surface area contributed by atoms with E-state index >= 15 is 0 Å². The first-order valence-electron chi connectivity index (χ1n) is 7.56. The zero-order chi connectivity index (χ0) is 18.8. The summed E-state index contributed by atoms with van der Waals surface area (Å²) in [6, 6.07) is 5.75. The molecule has 0 saturated carbocycles. The van der Waals surface area contributed by atoms with E-state index in [2.05, 4.69) is 0 Å². The molecule has 0 bridgehead atoms. The number of fused-ring (bicyclic) bond motifs is 1. The Labute approximate surface area is 162 Å². The van der Waals surface area contributed by atoms with Gasteiger partial charge in [0.15, 0.2) is 6.61 Å². The molecule has 1 aromatic heterocycles. The highest BCUT2D eigenvalue weighted by Crippen LogP contribution is 2.32. The van der Waals surface area contributed by atoms with Crippen molar-refractivity contribution in [3.63, 3.8) is 0 Å². The van der Waals surface area contributed by atoms with E-state index in [1.807, 2.05) is 0 Å². The van der Waals surface area contributed by atoms with Crippen LogP contribution in [-0.4, -0.2) is 30.0 Å². The van der Waals surface area contributed by atoms with Gasteiger partial charge in [-0.15, -0.1) is 11.3 Å². The summed E-state index contributed by atoms with van der Waals surface area (Å²) in [5.74, 6) is -1.14. The predicted octanol–water partition coefficient (Wildman–Crippen LogP) is 4.10. The molecule has 3 rings (SSSR count). The van der Waals surface area contributed by atoms with E-state index in [0.29, 0.717) is 29.4 Å². The first kappa shape index (κ1) is 18.6. The van der Waals surface area contributed by atoms with Gasteiger partial charge >= 0.3 is 5.97 Å². The third-order valence-electron chi connectivity index (χ3n) is 3.90. The summed E-state index contributed by atoms with van der Waals surface area (Å²) in [5.41, 5.74) is 1.41. The molecule has 1 amide bonds. The molecule has 0 saturated heterocycles. The second-order valence-electron chi connectivity index (χ2n) is 5.53. The number of anilines is 1. The molecular weight excluding hydrogens is 403 g/mol. The molecule has 0 aliphatic carbocycles. The van der Waals surface area contributed by atoms with Gasteiger partial charge in [0.05, 0.1) is 14.8 Å². The standard InChI is InChI=1S/C16H12Cl2N2O5S/c17-13-7-11(15(18)26-13)16(22)25-8-14(21)19-5-1-2-9-6-10(20(23)24)3-4-12(9)19/h3-4,6-7H,1-2,5,8H2. The number of rotatable bonds is 4. The third kappa shape index (κ3) is 3.82. The van der Waals surface area contributed by atoms with E-state index in [0.717, 1.165) is 16.9 Å². The molecule has 0 spiro atoms. The number of benzene rings is 1. The quantitative estimate of drug-likeness (QED) is 0.426. The maximum absolute atomic E-state index is 12.5. The number of thiophene rings is 1. The Morgan fingerprint density at radius 2 is 2.08 bits per heavy atom. The zero-order valence-electron chi connectivity index (χ0n) is 13.2. The maximum atomic E-state index is 12.5. The Bertz CT molecular complexity index is 899. The van der Waals surface area contributed by atoms with E-state index in [-0.39, 0.29) is 15.6 Å². The zero-order valence-corrected chi connectivity index (χ0v) is 15.6. The number of non-ortho nitro benzene ring substituents is 1. The molecule has 0 atom stereocenters. The van der Waals surface area contributed by atoms with E-state index in [4.69, 9.17) is 27.9 Å². The molecule has 1 aliphatic rings. The minimum Gasteiger partial charge on any atom is -0.452 e. The minimum absolute atomic E-state index is 0.0199. The number of halogens is 2. The molecule has 0 fully saturated rings. The monoisotopic (exact) mass is 414 g/mol. The summed E-state index contributed by atoms with van der Waals surface area (Å²) in [4.78, 5) is 36.4. The Hall–Kier alpha value is -2.16. The topological polar surface area (TPSA) is 89.8 Å². The minimum atomic E-state index is -0.729. The van der Waals surface area contributed by atoms with Gasteiger partial charge in [0, 0.05) is 24.4 Å². The van der Waals surface area contributed by atoms with Gasteiger partial charge in [-0.25, -0.2) is 4.79 Å². The fourth-order valence-corrected chi connectivity index (χ4v) is 4.16. The molecular formula is C16H12Cl2N2O5S. The number of carbonyl (C=O) groups excluding carboxylic acids is 2. The van der Waals surface area contributed by atoms with Crippen LogP contribution in [0.25, 0.3) is 0 Å². The Morgan fingerprint density at radius 1 is 1.31 bits per heavy atom. The molecule has 2 heterocycles. The molecule has 0 unspecified atom stereocenters. The number of amides is 1. The fraction of sp³-hybridized carbons (Fsp3) is 0.250. The van der Waals surface area contributed by atoms with Crippen LogP contribution in [0.15, 0.2) is 24.3 Å². The molecule has 2 aromatic rings. The van der Waals surface area contributed by atoms with Gasteiger partial charge in [-0.3, -0.25) is 14.9 Å². The number of hydrogen-bond acceptors (Lipinski definition) is 6. The summed E-state index contributed by atoms with van der Waals surface area (Å²) in [5, 5.41) is 10.9. The molecule has 1 aromatic carbocycles. The highest BCUT2D eigenvalue weighted by Gasteiger charge is 2.26. The van der Waals surface area contributed by atoms with Crippen LogP contribution in [0.2, 0.25) is 8.67 Å². The summed E-state index contributed by atoms with van der Waals surface area (Å²) in [7, 11) is 0. The molecule has 7 nitrogen and oxygen atoms in total. The van der Waals surface area contributed by atoms with Crippen molar-refractivity contribution in [2.75, 3.05) is 18.1 Å². The van der Waals surface area contributed by atoms with Gasteiger partial charge in [-0.2, -0.15) is 0 Å². The lowest BCUT2D eigenvalue weighted by Crippen LogP contribution is -2.38. The predicted molar refractivity (Wildman–Crippen MR) is 98.4 cm³/mol. The summed E-state index contributed by atoms with van der Waals surface area (Å²) < 4.78 is 5.58. The van der Waals surface area contributed by atoms with Crippen LogP contribution < -0.4 is 4.90 Å². The molecule has 0 N–H and O–H groups in total. The summed E-state index contributed by atoms with van der Waals surface area (Å²) in [6.07, 6.45) is 1.31. The van der Waals surface area contributed by atoms with Gasteiger partial charge in [-0.05, 0) is 30.5 Å². The lowest BCUT2D eigenvalue weighted by Gasteiger charge is -2.29. The number of nitro groups is 1. The van der Waals surface area contributed by atoms with Crippen LogP contribution in [0.5, 0.6) is 0 Å². The van der Waals surface area contributed by atoms with Crippen molar-refractivity contribution < 1.29 is 19.2 Å². The highest BCUT2D eigenvalue weighted by atomic mass is 35.5. The third-order valence-corrected chi connectivity index (χ3v) is 5.38. The van der Waals surface area contributed by atoms with Crippen molar-refractivity contribution >= 4 is 57.8 Å². The smallest absolute Gasteiger partial charge is 0.341 e. The van der Waals surface area contributed by atoms with Crippen LogP contribution in [0.4, 0.5) is 11.4 Å². The summed E-state index contributed by atoms with van der Waals surface area (Å²) >= 11 is 12.7. The average Bonchev–Trinajstić information content (AvgIpc) is 2.96. The Balaban J connectivity index is 1.70. The fourth-order valence-electron chi connectivity index (χ4n) is 2.72. The number of nitrogens with zero attached hydrogens (tertiary/aromatic N) is 2. The molecule has 1 aliphatic heterocycles. The van der Waals surface area contributed by atoms with E-state index in [1.54, 1.807) is 6.07 Å². The van der Waals surface area contributed by atoms with E-state index in [1.165, 1.54) is 23.1 Å². The molecule has 0 radical (unpaired) electrons. The van der Waals surface area contributed by atoms with Crippen LogP contribution in [0.3, 0.4) is 0 Å². The lowest BCUT2D eigenvalue weighted by atomic mass is 10.0. The number of ether oxygens (including phenoxy) is 1. The van der Waals surface area contributed by atoms with Gasteiger partial charge < -0.3 is 9.64 Å². The lowest BCUT2D eigenvalue weighted by molar-refractivity contribution is -0.384. The van der Waals surface area contributed by atoms with Crippen molar-refractivity contribution in [3.05, 3.63) is 54.2 Å². The first-order chi connectivity index (χ1) is 12.4. The number of esters is 1. The maximum Gasteiger partial charge on any atom is 0.341 e. The van der Waals surface area contributed by atoms with Crippen LogP contribution in [-0.2, 0) is 16.0 Å². The first-order valence-corrected chi connectivity index (χ1v) is 9.13. The van der Waals surface area contributed by atoms with Gasteiger partial charge in [0.25, 0.3) is 11.6 Å².